The Morgan fingerprint density at radius 1 is 1.28 bits per heavy atom. The van der Waals surface area contributed by atoms with Crippen molar-refractivity contribution in [3.8, 4) is 0 Å². The van der Waals surface area contributed by atoms with Gasteiger partial charge in [-0.2, -0.15) is 0 Å². The first-order valence-corrected chi connectivity index (χ1v) is 6.13. The van der Waals surface area contributed by atoms with Crippen LogP contribution in [0.2, 0.25) is 0 Å². The van der Waals surface area contributed by atoms with Gasteiger partial charge in [-0.25, -0.2) is 4.98 Å². The summed E-state index contributed by atoms with van der Waals surface area (Å²) in [6.07, 6.45) is 5.75. The van der Waals surface area contributed by atoms with Crippen molar-refractivity contribution in [2.45, 2.75) is 19.3 Å². The maximum absolute atomic E-state index is 11.6. The highest BCUT2D eigenvalue weighted by Crippen LogP contribution is 1.99. The molecule has 0 bridgehead atoms. The molecule has 2 aromatic rings. The van der Waals surface area contributed by atoms with E-state index in [-0.39, 0.29) is 5.91 Å². The fourth-order valence-electron chi connectivity index (χ4n) is 1.76. The monoisotopic (exact) mass is 243 g/mol. The number of aryl methyl sites for hydroxylation is 1. The number of hydrogen-bond donors (Lipinski definition) is 2. The number of hydrogen-bond acceptors (Lipinski definition) is 2. The van der Waals surface area contributed by atoms with Crippen LogP contribution in [0.5, 0.6) is 0 Å². The quantitative estimate of drug-likeness (QED) is 0.759. The van der Waals surface area contributed by atoms with Crippen molar-refractivity contribution in [2.75, 3.05) is 6.54 Å². The van der Waals surface area contributed by atoms with Gasteiger partial charge in [0, 0.05) is 25.4 Å². The SMILES string of the molecule is O=C(Cc1ccccc1)NCCCc1ncc[nH]1. The smallest absolute Gasteiger partial charge is 0.224 e. The van der Waals surface area contributed by atoms with Crippen LogP contribution in [0, 0.1) is 0 Å². The number of carbonyl (C=O) groups excluding carboxylic acids is 1. The minimum absolute atomic E-state index is 0.0700. The molecule has 18 heavy (non-hydrogen) atoms. The van der Waals surface area contributed by atoms with Crippen LogP contribution in [-0.4, -0.2) is 22.4 Å². The van der Waals surface area contributed by atoms with Crippen molar-refractivity contribution in [3.05, 3.63) is 54.1 Å². The molecule has 2 rings (SSSR count). The molecule has 0 spiro atoms. The number of rotatable bonds is 6. The Bertz CT molecular complexity index is 465. The molecule has 1 aromatic heterocycles. The van der Waals surface area contributed by atoms with Crippen molar-refractivity contribution in [1.29, 1.82) is 0 Å². The van der Waals surface area contributed by atoms with Crippen molar-refractivity contribution < 1.29 is 4.79 Å². The zero-order chi connectivity index (χ0) is 12.6. The van der Waals surface area contributed by atoms with Crippen LogP contribution in [0.3, 0.4) is 0 Å². The van der Waals surface area contributed by atoms with Crippen LogP contribution < -0.4 is 5.32 Å². The van der Waals surface area contributed by atoms with E-state index in [1.165, 1.54) is 0 Å². The number of benzene rings is 1. The second-order valence-electron chi connectivity index (χ2n) is 4.15. The van der Waals surface area contributed by atoms with Gasteiger partial charge in [0.15, 0.2) is 0 Å². The lowest BCUT2D eigenvalue weighted by Gasteiger charge is -2.04. The second-order valence-corrected chi connectivity index (χ2v) is 4.15. The molecule has 4 nitrogen and oxygen atoms in total. The van der Waals surface area contributed by atoms with E-state index in [0.717, 1.165) is 24.2 Å². The molecule has 0 radical (unpaired) electrons. The van der Waals surface area contributed by atoms with Gasteiger partial charge >= 0.3 is 0 Å². The highest BCUT2D eigenvalue weighted by molar-refractivity contribution is 5.78. The predicted molar refractivity (Wildman–Crippen MR) is 70.1 cm³/mol. The highest BCUT2D eigenvalue weighted by Gasteiger charge is 2.02. The van der Waals surface area contributed by atoms with E-state index in [1.54, 1.807) is 6.20 Å². The van der Waals surface area contributed by atoms with E-state index in [2.05, 4.69) is 15.3 Å². The van der Waals surface area contributed by atoms with E-state index in [1.807, 2.05) is 36.5 Å². The van der Waals surface area contributed by atoms with Crippen LogP contribution >= 0.6 is 0 Å². The van der Waals surface area contributed by atoms with Gasteiger partial charge in [0.05, 0.1) is 6.42 Å². The summed E-state index contributed by atoms with van der Waals surface area (Å²) in [5.41, 5.74) is 1.04. The van der Waals surface area contributed by atoms with Gasteiger partial charge < -0.3 is 10.3 Å². The number of H-pyrrole nitrogens is 1. The Morgan fingerprint density at radius 2 is 2.11 bits per heavy atom. The van der Waals surface area contributed by atoms with Crippen LogP contribution in [0.25, 0.3) is 0 Å². The normalized spacial score (nSPS) is 10.2. The highest BCUT2D eigenvalue weighted by atomic mass is 16.1. The summed E-state index contributed by atoms with van der Waals surface area (Å²) >= 11 is 0. The molecular formula is C14H17N3O. The molecule has 1 amide bonds. The maximum atomic E-state index is 11.6. The maximum Gasteiger partial charge on any atom is 0.224 e. The molecule has 0 aliphatic rings. The first-order valence-electron chi connectivity index (χ1n) is 6.13. The number of carbonyl (C=O) groups is 1. The Labute approximate surface area is 106 Å². The molecule has 0 saturated carbocycles. The number of amides is 1. The van der Waals surface area contributed by atoms with Gasteiger partial charge in [0.2, 0.25) is 5.91 Å². The molecule has 0 atom stereocenters. The Morgan fingerprint density at radius 3 is 2.83 bits per heavy atom. The van der Waals surface area contributed by atoms with E-state index in [9.17, 15) is 4.79 Å². The molecule has 94 valence electrons. The molecule has 1 aromatic carbocycles. The summed E-state index contributed by atoms with van der Waals surface area (Å²) < 4.78 is 0. The molecule has 2 N–H and O–H groups in total. The fraction of sp³-hybridized carbons (Fsp3) is 0.286. The summed E-state index contributed by atoms with van der Waals surface area (Å²) in [5.74, 6) is 1.04. The zero-order valence-electron chi connectivity index (χ0n) is 10.2. The van der Waals surface area contributed by atoms with Crippen molar-refractivity contribution >= 4 is 5.91 Å². The summed E-state index contributed by atoms with van der Waals surface area (Å²) in [6.45, 7) is 0.687. The summed E-state index contributed by atoms with van der Waals surface area (Å²) in [4.78, 5) is 18.8. The van der Waals surface area contributed by atoms with Gasteiger partial charge in [-0.15, -0.1) is 0 Å². The average molecular weight is 243 g/mol. The Hall–Kier alpha value is -2.10. The topological polar surface area (TPSA) is 57.8 Å². The minimum atomic E-state index is 0.0700. The van der Waals surface area contributed by atoms with Crippen LogP contribution in [0.15, 0.2) is 42.7 Å². The summed E-state index contributed by atoms with van der Waals surface area (Å²) in [6, 6.07) is 9.76. The molecule has 0 unspecified atom stereocenters. The van der Waals surface area contributed by atoms with Gasteiger partial charge in [-0.3, -0.25) is 4.79 Å². The molecule has 0 saturated heterocycles. The van der Waals surface area contributed by atoms with Gasteiger partial charge in [0.1, 0.15) is 5.82 Å². The summed E-state index contributed by atoms with van der Waals surface area (Å²) in [7, 11) is 0. The molecule has 0 aliphatic heterocycles. The lowest BCUT2D eigenvalue weighted by molar-refractivity contribution is -0.120. The minimum Gasteiger partial charge on any atom is -0.356 e. The van der Waals surface area contributed by atoms with Crippen LogP contribution in [0.4, 0.5) is 0 Å². The zero-order valence-corrected chi connectivity index (χ0v) is 10.2. The van der Waals surface area contributed by atoms with E-state index >= 15 is 0 Å². The fourth-order valence-corrected chi connectivity index (χ4v) is 1.76. The summed E-state index contributed by atoms with van der Waals surface area (Å²) in [5, 5.41) is 2.91. The lowest BCUT2D eigenvalue weighted by Crippen LogP contribution is -2.26. The number of nitrogens with one attached hydrogen (secondary N) is 2. The number of aromatic amines is 1. The van der Waals surface area contributed by atoms with E-state index in [4.69, 9.17) is 0 Å². The third kappa shape index (κ3) is 4.05. The number of aromatic nitrogens is 2. The number of nitrogens with zero attached hydrogens (tertiary/aromatic N) is 1. The third-order valence-corrected chi connectivity index (χ3v) is 2.67. The molecular weight excluding hydrogens is 226 g/mol. The molecule has 0 aliphatic carbocycles. The van der Waals surface area contributed by atoms with Crippen molar-refractivity contribution in [3.63, 3.8) is 0 Å². The van der Waals surface area contributed by atoms with Crippen molar-refractivity contribution in [2.24, 2.45) is 0 Å². The van der Waals surface area contributed by atoms with Gasteiger partial charge in [-0.1, -0.05) is 30.3 Å². The van der Waals surface area contributed by atoms with Crippen LogP contribution in [-0.2, 0) is 17.6 Å². The standard InChI is InChI=1S/C14H17N3O/c18-14(11-12-5-2-1-3-6-12)17-8-4-7-13-15-9-10-16-13/h1-3,5-6,9-10H,4,7-8,11H2,(H,15,16)(H,17,18). The molecule has 0 fully saturated rings. The van der Waals surface area contributed by atoms with Crippen LogP contribution in [0.1, 0.15) is 17.8 Å². The molecule has 4 heteroatoms. The van der Waals surface area contributed by atoms with Gasteiger partial charge in [-0.05, 0) is 12.0 Å². The molecule has 1 heterocycles. The number of imidazole rings is 1. The predicted octanol–water partition coefficient (Wildman–Crippen LogP) is 1.70. The Kier molecular flexibility index (Phi) is 4.53. The van der Waals surface area contributed by atoms with Crippen molar-refractivity contribution in [1.82, 2.24) is 15.3 Å². The van der Waals surface area contributed by atoms with E-state index in [0.29, 0.717) is 13.0 Å². The lowest BCUT2D eigenvalue weighted by atomic mass is 10.1. The first-order chi connectivity index (χ1) is 8.84. The second kappa shape index (κ2) is 6.59. The first kappa shape index (κ1) is 12.4. The third-order valence-electron chi connectivity index (χ3n) is 2.67. The largest absolute Gasteiger partial charge is 0.356 e. The average Bonchev–Trinajstić information content (AvgIpc) is 2.89. The van der Waals surface area contributed by atoms with E-state index < -0.39 is 0 Å². The van der Waals surface area contributed by atoms with Gasteiger partial charge in [0.25, 0.3) is 0 Å². The Balaban J connectivity index is 1.63.